The molecule has 0 amide bonds. The molecule has 0 aromatic rings. The van der Waals surface area contributed by atoms with Crippen molar-refractivity contribution in [3.8, 4) is 0 Å². The van der Waals surface area contributed by atoms with Crippen molar-refractivity contribution in [3.63, 3.8) is 0 Å². The van der Waals surface area contributed by atoms with Gasteiger partial charge in [-0.05, 0) is 207 Å². The Morgan fingerprint density at radius 1 is 0.533 bits per heavy atom. The van der Waals surface area contributed by atoms with Gasteiger partial charge in [0.2, 0.25) is 0 Å². The molecule has 60 heavy (non-hydrogen) atoms. The number of aliphatic hydroxyl groups excluding tert-OH is 3. The van der Waals surface area contributed by atoms with E-state index in [1.807, 2.05) is 0 Å². The van der Waals surface area contributed by atoms with E-state index in [1.165, 1.54) is 70.6 Å². The molecule has 8 unspecified atom stereocenters. The topological polar surface area (TPSA) is 135 Å². The van der Waals surface area contributed by atoms with Crippen molar-refractivity contribution in [1.29, 1.82) is 0 Å². The summed E-state index contributed by atoms with van der Waals surface area (Å²) in [6, 6.07) is 0. The van der Waals surface area contributed by atoms with Crippen LogP contribution < -0.4 is 0 Å². The number of hydrogen-bond acceptors (Lipinski definition) is 5. The molecule has 7 heteroatoms. The molecule has 22 atom stereocenters. The Labute approximate surface area is 365 Å². The summed E-state index contributed by atoms with van der Waals surface area (Å²) in [5, 5.41) is 52.2. The molecular weight excluding hydrogens is 749 g/mol. The Balaban J connectivity index is 0.000000181. The van der Waals surface area contributed by atoms with Gasteiger partial charge in [-0.3, -0.25) is 9.59 Å². The number of rotatable bonds is 10. The van der Waals surface area contributed by atoms with Crippen LogP contribution in [0, 0.1) is 110 Å². The minimum Gasteiger partial charge on any atom is -0.481 e. The van der Waals surface area contributed by atoms with E-state index in [0.717, 1.165) is 50.9 Å². The third-order valence-corrected chi connectivity index (χ3v) is 22.2. The van der Waals surface area contributed by atoms with Crippen LogP contribution in [0.25, 0.3) is 0 Å². The zero-order chi connectivity index (χ0) is 43.7. The molecule has 0 heterocycles. The molecule has 8 aliphatic rings. The van der Waals surface area contributed by atoms with Crippen LogP contribution in [0.1, 0.15) is 191 Å². The van der Waals surface area contributed by atoms with Crippen LogP contribution in [0.3, 0.4) is 0 Å². The fourth-order valence-corrected chi connectivity index (χ4v) is 19.2. The standard InChI is InChI=1S/C27H46O3.C26H44O4/c1-6-18-22-15-16(2)11-13-27(22,5)21-12-14-26(4)19(17(3)7-10-23(28)29)8-9-20(26)24(21)25(18)30;1-5-17-21-14-16(27)10-12-26(21,4)20-11-13-25(3)18(15(2)6-9-22(28)29)7-8-19(25)23(20)24(17)30/h16-22,24-25,30H,6-15H2,1-5H3,(H,28,29);15-21,23-24,27,30H,5-14H2,1-4H3,(H,28,29)/t16-,17-,18-,19?,20+,21+,22?,24+,25-,26?,27?;15-,16-,17-,18?,19+,20+,21?,23+,24-,25?,26?/m11/s1. The first-order valence-corrected chi connectivity index (χ1v) is 25.7. The SMILES string of the molecule is CC[C@@H]1C2C[C@H](C)CCC2(C)[C@H]2CCC3(C)C([C@H](C)CCC(=O)O)CC[C@H]3[C@@H]2[C@@H]1O.CC[C@@H]1C2C[C@H](O)CCC2(C)[C@H]2CCC3(C)C([C@H](C)CCC(=O)O)CC[C@H]3[C@@H]2[C@@H]1O. The lowest BCUT2D eigenvalue weighted by Crippen LogP contribution is -2.62. The van der Waals surface area contributed by atoms with Crippen molar-refractivity contribution in [1.82, 2.24) is 0 Å². The Morgan fingerprint density at radius 2 is 0.917 bits per heavy atom. The van der Waals surface area contributed by atoms with Crippen molar-refractivity contribution < 1.29 is 35.1 Å². The van der Waals surface area contributed by atoms with Crippen LogP contribution >= 0.6 is 0 Å². The van der Waals surface area contributed by atoms with Gasteiger partial charge >= 0.3 is 11.9 Å². The first-order valence-electron chi connectivity index (χ1n) is 25.7. The van der Waals surface area contributed by atoms with Crippen molar-refractivity contribution in [2.75, 3.05) is 0 Å². The van der Waals surface area contributed by atoms with E-state index in [4.69, 9.17) is 5.11 Å². The number of carboxylic acids is 2. The van der Waals surface area contributed by atoms with E-state index < -0.39 is 11.9 Å². The highest BCUT2D eigenvalue weighted by Crippen LogP contribution is 2.71. The van der Waals surface area contributed by atoms with E-state index in [2.05, 4.69) is 62.3 Å². The smallest absolute Gasteiger partial charge is 0.303 e. The normalized spacial score (nSPS) is 51.5. The summed E-state index contributed by atoms with van der Waals surface area (Å²) in [5.74, 6) is 6.72. The lowest BCUT2D eigenvalue weighted by Gasteiger charge is -2.65. The second kappa shape index (κ2) is 17.7. The molecule has 0 spiro atoms. The van der Waals surface area contributed by atoms with E-state index in [9.17, 15) is 30.0 Å². The van der Waals surface area contributed by atoms with Crippen LogP contribution in [-0.2, 0) is 9.59 Å². The maximum Gasteiger partial charge on any atom is 0.303 e. The van der Waals surface area contributed by atoms with E-state index >= 15 is 0 Å². The van der Waals surface area contributed by atoms with Crippen LogP contribution in [0.5, 0.6) is 0 Å². The molecule has 5 N–H and O–H groups in total. The van der Waals surface area contributed by atoms with Gasteiger partial charge in [-0.1, -0.05) is 81.6 Å². The molecule has 0 aromatic heterocycles. The average Bonchev–Trinajstić information content (AvgIpc) is 3.74. The van der Waals surface area contributed by atoms with Gasteiger partial charge in [0.25, 0.3) is 0 Å². The molecule has 0 aromatic carbocycles. The zero-order valence-electron chi connectivity index (χ0n) is 39.6. The van der Waals surface area contributed by atoms with Crippen molar-refractivity contribution in [2.45, 2.75) is 209 Å². The second-order valence-electron chi connectivity index (χ2n) is 24.5. The number of aliphatic hydroxyl groups is 3. The van der Waals surface area contributed by atoms with Crippen LogP contribution in [-0.4, -0.2) is 55.8 Å². The van der Waals surface area contributed by atoms with Crippen molar-refractivity contribution >= 4 is 11.9 Å². The third-order valence-electron chi connectivity index (χ3n) is 22.2. The molecule has 8 fully saturated rings. The maximum absolute atomic E-state index is 11.8. The molecule has 0 aliphatic heterocycles. The quantitative estimate of drug-likeness (QED) is 0.148. The van der Waals surface area contributed by atoms with Gasteiger partial charge in [0, 0.05) is 12.8 Å². The van der Waals surface area contributed by atoms with Gasteiger partial charge in [-0.25, -0.2) is 0 Å². The lowest BCUT2D eigenvalue weighted by molar-refractivity contribution is -0.203. The Kier molecular flexibility index (Phi) is 13.8. The minimum absolute atomic E-state index is 0.138. The highest BCUT2D eigenvalue weighted by atomic mass is 16.4. The van der Waals surface area contributed by atoms with Crippen molar-refractivity contribution in [2.24, 2.45) is 110 Å². The Hall–Kier alpha value is -1.18. The predicted octanol–water partition coefficient (Wildman–Crippen LogP) is 11.5. The molecular formula is C53H90O7. The number of fused-ring (bicyclic) bond motifs is 10. The van der Waals surface area contributed by atoms with Gasteiger partial charge in [0.1, 0.15) is 0 Å². The minimum atomic E-state index is -0.683. The highest BCUT2D eigenvalue weighted by molar-refractivity contribution is 5.66. The second-order valence-corrected chi connectivity index (χ2v) is 24.5. The molecule has 0 bridgehead atoms. The fraction of sp³-hybridized carbons (Fsp3) is 0.962. The van der Waals surface area contributed by atoms with Gasteiger partial charge in [-0.2, -0.15) is 0 Å². The molecule has 8 rings (SSSR count). The van der Waals surface area contributed by atoms with E-state index in [1.54, 1.807) is 0 Å². The molecule has 7 nitrogen and oxygen atoms in total. The van der Waals surface area contributed by atoms with E-state index in [0.29, 0.717) is 94.7 Å². The summed E-state index contributed by atoms with van der Waals surface area (Å²) in [5.41, 5.74) is 1.17. The van der Waals surface area contributed by atoms with Crippen molar-refractivity contribution in [3.05, 3.63) is 0 Å². The Bertz CT molecular complexity index is 1410. The van der Waals surface area contributed by atoms with Gasteiger partial charge in [0.15, 0.2) is 0 Å². The molecule has 344 valence electrons. The number of hydrogen-bond donors (Lipinski definition) is 5. The fourth-order valence-electron chi connectivity index (χ4n) is 19.2. The first kappa shape index (κ1) is 46.8. The predicted molar refractivity (Wildman–Crippen MR) is 239 cm³/mol. The van der Waals surface area contributed by atoms with Gasteiger partial charge in [0.05, 0.1) is 18.3 Å². The average molecular weight is 839 g/mol. The van der Waals surface area contributed by atoms with Crippen LogP contribution in [0.4, 0.5) is 0 Å². The number of aliphatic carboxylic acids is 2. The maximum atomic E-state index is 11.8. The molecule has 8 saturated carbocycles. The molecule has 8 aliphatic carbocycles. The number of carboxylic acid groups (broad SMARTS) is 2. The number of carbonyl (C=O) groups is 2. The highest BCUT2D eigenvalue weighted by Gasteiger charge is 2.66. The van der Waals surface area contributed by atoms with Crippen LogP contribution in [0.2, 0.25) is 0 Å². The lowest BCUT2D eigenvalue weighted by atomic mass is 9.41. The first-order chi connectivity index (χ1) is 28.3. The zero-order valence-corrected chi connectivity index (χ0v) is 39.6. The summed E-state index contributed by atoms with van der Waals surface area (Å²) in [7, 11) is 0. The van der Waals surface area contributed by atoms with Gasteiger partial charge < -0.3 is 25.5 Å². The molecule has 0 radical (unpaired) electrons. The molecule has 0 saturated heterocycles. The largest absolute Gasteiger partial charge is 0.481 e. The summed E-state index contributed by atoms with van der Waals surface area (Å²) in [6.07, 6.45) is 20.4. The summed E-state index contributed by atoms with van der Waals surface area (Å²) in [4.78, 5) is 22.3. The summed E-state index contributed by atoms with van der Waals surface area (Å²) >= 11 is 0. The van der Waals surface area contributed by atoms with Gasteiger partial charge in [-0.15, -0.1) is 0 Å². The van der Waals surface area contributed by atoms with E-state index in [-0.39, 0.29) is 41.0 Å². The third kappa shape index (κ3) is 7.78. The summed E-state index contributed by atoms with van der Waals surface area (Å²) < 4.78 is 0. The monoisotopic (exact) mass is 839 g/mol. The van der Waals surface area contributed by atoms with Crippen LogP contribution in [0.15, 0.2) is 0 Å². The Morgan fingerprint density at radius 3 is 1.33 bits per heavy atom. The summed E-state index contributed by atoms with van der Waals surface area (Å²) in [6.45, 7) is 21.6.